The minimum absolute atomic E-state index is 0.0653. The minimum Gasteiger partial charge on any atom is -0.485 e. The summed E-state index contributed by atoms with van der Waals surface area (Å²) in [5.41, 5.74) is 7.63. The van der Waals surface area contributed by atoms with Gasteiger partial charge in [0.25, 0.3) is 0 Å². The van der Waals surface area contributed by atoms with E-state index in [1.54, 1.807) is 23.7 Å². The van der Waals surface area contributed by atoms with E-state index in [2.05, 4.69) is 25.3 Å². The number of nitrogen functional groups attached to an aromatic ring is 1. The molecule has 2 aliphatic rings. The van der Waals surface area contributed by atoms with Gasteiger partial charge in [-0.05, 0) is 12.1 Å². The van der Waals surface area contributed by atoms with Crippen molar-refractivity contribution in [3.05, 3.63) is 52.6 Å². The molecule has 0 amide bonds. The molecule has 0 radical (unpaired) electrons. The molecule has 6 heterocycles. The van der Waals surface area contributed by atoms with Crippen LogP contribution in [0.3, 0.4) is 0 Å². The Balaban J connectivity index is 1.08. The van der Waals surface area contributed by atoms with Gasteiger partial charge in [-0.2, -0.15) is 9.50 Å². The molecule has 2 aliphatic heterocycles. The van der Waals surface area contributed by atoms with Crippen LogP contribution in [0.25, 0.3) is 28.4 Å². The second-order valence-electron chi connectivity index (χ2n) is 10.2. The van der Waals surface area contributed by atoms with Gasteiger partial charge >= 0.3 is 5.69 Å². The molecule has 1 aromatic carbocycles. The van der Waals surface area contributed by atoms with Crippen LogP contribution >= 0.6 is 0 Å². The molecule has 214 valence electrons. The number of furan rings is 1. The fraction of sp³-hybridized carbons (Fsp3) is 0.385. The van der Waals surface area contributed by atoms with Crippen LogP contribution in [-0.2, 0) is 13.6 Å². The second kappa shape index (κ2) is 9.85. The first-order valence-corrected chi connectivity index (χ1v) is 13.4. The summed E-state index contributed by atoms with van der Waals surface area (Å²) >= 11 is 0. The maximum atomic E-state index is 14.7. The molecule has 7 rings (SSSR count). The standard InChI is InChI=1S/C26H28F2N10O3/c1-34-21-23(32-25(29)38-24(21)31-22(33-38)19-3-2-10-40-19)37(26(34)39)9-6-35-4-7-36(8-5-35)18-12-20(17(28)11-16(18)27)41-15-13-30-14-15/h2-3,10-12,15,30H,4-9,13-14H2,1H3,(H2,29,32). The first-order chi connectivity index (χ1) is 19.9. The number of nitrogens with two attached hydrogens (primary N) is 1. The normalized spacial score (nSPS) is 16.6. The lowest BCUT2D eigenvalue weighted by Crippen LogP contribution is -2.50. The number of hydrogen-bond acceptors (Lipinski definition) is 10. The minimum atomic E-state index is -0.702. The van der Waals surface area contributed by atoms with E-state index in [1.807, 2.05) is 4.90 Å². The fourth-order valence-corrected chi connectivity index (χ4v) is 5.33. The van der Waals surface area contributed by atoms with Crippen molar-refractivity contribution in [2.45, 2.75) is 12.6 Å². The Labute approximate surface area is 231 Å². The van der Waals surface area contributed by atoms with Gasteiger partial charge in [0.2, 0.25) is 11.8 Å². The number of hydrogen-bond donors (Lipinski definition) is 2. The predicted octanol–water partition coefficient (Wildman–Crippen LogP) is 1.07. The van der Waals surface area contributed by atoms with Crippen molar-refractivity contribution in [2.24, 2.45) is 7.05 Å². The number of ether oxygens (including phenoxy) is 1. The molecule has 0 unspecified atom stereocenters. The molecule has 0 saturated carbocycles. The van der Waals surface area contributed by atoms with Crippen molar-refractivity contribution in [2.75, 3.05) is 56.4 Å². The highest BCUT2D eigenvalue weighted by Gasteiger charge is 2.26. The van der Waals surface area contributed by atoms with E-state index >= 15 is 0 Å². The molecule has 2 saturated heterocycles. The van der Waals surface area contributed by atoms with E-state index in [0.717, 1.165) is 6.07 Å². The summed E-state index contributed by atoms with van der Waals surface area (Å²) in [6.07, 6.45) is 1.42. The number of imidazole rings is 1. The molecule has 13 nitrogen and oxygen atoms in total. The monoisotopic (exact) mass is 566 g/mol. The van der Waals surface area contributed by atoms with E-state index in [4.69, 9.17) is 14.9 Å². The average molecular weight is 567 g/mol. The lowest BCUT2D eigenvalue weighted by Gasteiger charge is -2.36. The maximum absolute atomic E-state index is 14.7. The number of anilines is 2. The lowest BCUT2D eigenvalue weighted by atomic mass is 10.2. The van der Waals surface area contributed by atoms with Gasteiger partial charge in [-0.3, -0.25) is 14.0 Å². The number of fused-ring (bicyclic) bond motifs is 3. The number of nitrogens with one attached hydrogen (secondary N) is 1. The predicted molar refractivity (Wildman–Crippen MR) is 146 cm³/mol. The second-order valence-corrected chi connectivity index (χ2v) is 10.2. The van der Waals surface area contributed by atoms with E-state index in [-0.39, 0.29) is 23.5 Å². The third-order valence-electron chi connectivity index (χ3n) is 7.71. The van der Waals surface area contributed by atoms with Crippen LogP contribution in [0.2, 0.25) is 0 Å². The van der Waals surface area contributed by atoms with Crippen LogP contribution in [0.15, 0.2) is 39.7 Å². The first kappa shape index (κ1) is 25.5. The van der Waals surface area contributed by atoms with Crippen molar-refractivity contribution >= 4 is 28.4 Å². The quantitative estimate of drug-likeness (QED) is 0.294. The molecule has 15 heteroatoms. The van der Waals surface area contributed by atoms with Crippen molar-refractivity contribution in [3.8, 4) is 17.3 Å². The summed E-state index contributed by atoms with van der Waals surface area (Å²) in [7, 11) is 1.66. The van der Waals surface area contributed by atoms with Crippen LogP contribution in [-0.4, -0.2) is 85.5 Å². The Morgan fingerprint density at radius 2 is 1.90 bits per heavy atom. The topological polar surface area (TPSA) is 137 Å². The molecule has 0 spiro atoms. The SMILES string of the molecule is Cn1c(=O)n(CCN2CCN(c3cc(OC4CNC4)c(F)cc3F)CC2)c2nc(N)n3nc(-c4ccco4)nc3c21. The molecule has 3 N–H and O–H groups in total. The number of aryl methyl sites for hydroxylation is 1. The van der Waals surface area contributed by atoms with Crippen molar-refractivity contribution < 1.29 is 17.9 Å². The zero-order chi connectivity index (χ0) is 28.2. The fourth-order valence-electron chi connectivity index (χ4n) is 5.33. The number of piperazine rings is 1. The molecular weight excluding hydrogens is 538 g/mol. The van der Waals surface area contributed by atoms with E-state index in [1.165, 1.54) is 21.4 Å². The van der Waals surface area contributed by atoms with Gasteiger partial charge in [-0.25, -0.2) is 18.6 Å². The number of halogens is 2. The van der Waals surface area contributed by atoms with Gasteiger partial charge in [-0.1, -0.05) is 0 Å². The first-order valence-electron chi connectivity index (χ1n) is 13.4. The van der Waals surface area contributed by atoms with Crippen LogP contribution < -0.4 is 26.4 Å². The molecule has 41 heavy (non-hydrogen) atoms. The number of aromatic nitrogens is 6. The lowest BCUT2D eigenvalue weighted by molar-refractivity contribution is 0.136. The number of benzene rings is 1. The molecule has 0 atom stereocenters. The molecule has 0 aliphatic carbocycles. The zero-order valence-electron chi connectivity index (χ0n) is 22.3. The Bertz CT molecular complexity index is 1800. The third-order valence-corrected chi connectivity index (χ3v) is 7.71. The largest absolute Gasteiger partial charge is 0.485 e. The molecule has 5 aromatic rings. The highest BCUT2D eigenvalue weighted by molar-refractivity contribution is 5.88. The number of rotatable bonds is 7. The average Bonchev–Trinajstić information content (AvgIpc) is 3.67. The van der Waals surface area contributed by atoms with Crippen LogP contribution in [0.4, 0.5) is 20.4 Å². The van der Waals surface area contributed by atoms with Crippen LogP contribution in [0.1, 0.15) is 0 Å². The summed E-state index contributed by atoms with van der Waals surface area (Å²) in [4.78, 5) is 26.4. The van der Waals surface area contributed by atoms with Crippen LogP contribution in [0.5, 0.6) is 5.75 Å². The van der Waals surface area contributed by atoms with Gasteiger partial charge in [0, 0.05) is 71.5 Å². The van der Waals surface area contributed by atoms with Gasteiger partial charge in [0.05, 0.1) is 12.0 Å². The molecule has 4 aromatic heterocycles. The summed E-state index contributed by atoms with van der Waals surface area (Å²) < 4.78 is 44.6. The number of nitrogens with zero attached hydrogens (tertiary/aromatic N) is 8. The van der Waals surface area contributed by atoms with Gasteiger partial charge < -0.3 is 25.1 Å². The highest BCUT2D eigenvalue weighted by Crippen LogP contribution is 2.30. The molecule has 0 bridgehead atoms. The van der Waals surface area contributed by atoms with E-state index in [0.29, 0.717) is 86.4 Å². The van der Waals surface area contributed by atoms with Crippen molar-refractivity contribution in [3.63, 3.8) is 0 Å². The van der Waals surface area contributed by atoms with Crippen LogP contribution in [0, 0.1) is 11.6 Å². The molecule has 2 fully saturated rings. The van der Waals surface area contributed by atoms with Crippen molar-refractivity contribution in [1.29, 1.82) is 0 Å². The van der Waals surface area contributed by atoms with Gasteiger partial charge in [0.15, 0.2) is 28.6 Å². The zero-order valence-corrected chi connectivity index (χ0v) is 22.3. The summed E-state index contributed by atoms with van der Waals surface area (Å²) in [6, 6.07) is 5.82. The summed E-state index contributed by atoms with van der Waals surface area (Å²) in [5.74, 6) is -0.335. The van der Waals surface area contributed by atoms with E-state index in [9.17, 15) is 13.6 Å². The summed E-state index contributed by atoms with van der Waals surface area (Å²) in [6.45, 7) is 4.57. The van der Waals surface area contributed by atoms with Crippen molar-refractivity contribution in [1.82, 2.24) is 38.9 Å². The Morgan fingerprint density at radius 3 is 2.61 bits per heavy atom. The Morgan fingerprint density at radius 1 is 1.10 bits per heavy atom. The molecular formula is C26H28F2N10O3. The Hall–Kier alpha value is -4.50. The maximum Gasteiger partial charge on any atom is 0.330 e. The van der Waals surface area contributed by atoms with Gasteiger partial charge in [0.1, 0.15) is 17.4 Å². The Kier molecular flexibility index (Phi) is 6.12. The highest BCUT2D eigenvalue weighted by atomic mass is 19.1. The third kappa shape index (κ3) is 4.37. The summed E-state index contributed by atoms with van der Waals surface area (Å²) in [5, 5.41) is 7.47. The smallest absolute Gasteiger partial charge is 0.330 e. The van der Waals surface area contributed by atoms with E-state index < -0.39 is 11.6 Å². The van der Waals surface area contributed by atoms with Gasteiger partial charge in [-0.15, -0.1) is 5.10 Å².